The molecule has 4 saturated carbocycles. The van der Waals surface area contributed by atoms with Crippen LogP contribution in [0.15, 0.2) is 0 Å². The number of aliphatic carboxylic acids is 1. The van der Waals surface area contributed by atoms with Crippen molar-refractivity contribution >= 4 is 5.97 Å². The Morgan fingerprint density at radius 2 is 1.57 bits per heavy atom. The first-order valence-corrected chi connectivity index (χ1v) is 12.5. The third-order valence-electron chi connectivity index (χ3n) is 10.6. The van der Waals surface area contributed by atoms with Gasteiger partial charge in [0.15, 0.2) is 0 Å². The predicted octanol–water partition coefficient (Wildman–Crippen LogP) is 7.71. The smallest absolute Gasteiger partial charge is 0.303 e. The van der Waals surface area contributed by atoms with E-state index in [0.717, 1.165) is 36.5 Å². The van der Waals surface area contributed by atoms with E-state index >= 15 is 0 Å². The lowest BCUT2D eigenvalue weighted by Gasteiger charge is -2.66. The highest BCUT2D eigenvalue weighted by molar-refractivity contribution is 5.66. The molecule has 4 aliphatic carbocycles. The van der Waals surface area contributed by atoms with E-state index in [1.807, 2.05) is 13.8 Å². The molecule has 1 N–H and O–H groups in total. The Hall–Kier alpha value is -0.530. The topological polar surface area (TPSA) is 37.3 Å². The van der Waals surface area contributed by atoms with E-state index < -0.39 is 5.97 Å². The van der Waals surface area contributed by atoms with Crippen molar-refractivity contribution in [2.75, 3.05) is 0 Å². The number of fused-ring (bicyclic) bond motifs is 5. The van der Waals surface area contributed by atoms with Crippen molar-refractivity contribution in [2.24, 2.45) is 39.9 Å². The minimum absolute atomic E-state index is 0.359. The van der Waals surface area contributed by atoms with Crippen LogP contribution in [-0.4, -0.2) is 11.1 Å². The van der Waals surface area contributed by atoms with Crippen LogP contribution < -0.4 is 0 Å². The normalized spacial score (nSPS) is 47.2. The molecule has 0 amide bonds. The third kappa shape index (κ3) is 3.35. The Morgan fingerprint density at radius 1 is 0.857 bits per heavy atom. The molecular weight excluding hydrogens is 344 g/mol. The fourth-order valence-corrected chi connectivity index (χ4v) is 8.76. The van der Waals surface area contributed by atoms with Gasteiger partial charge >= 0.3 is 5.97 Å². The second-order valence-electron chi connectivity index (χ2n) is 11.1. The second-order valence-corrected chi connectivity index (χ2v) is 11.1. The fraction of sp³-hybridized carbons (Fsp3) is 0.962. The molecule has 0 bridgehead atoms. The number of carboxylic acid groups (broad SMARTS) is 1. The maximum absolute atomic E-state index is 10.9. The zero-order chi connectivity index (χ0) is 20.6. The summed E-state index contributed by atoms with van der Waals surface area (Å²) in [6.45, 7) is 11.9. The lowest BCUT2D eigenvalue weighted by atomic mass is 9.38. The molecule has 162 valence electrons. The molecule has 0 saturated heterocycles. The summed E-state index contributed by atoms with van der Waals surface area (Å²) < 4.78 is 0. The minimum Gasteiger partial charge on any atom is -0.481 e. The van der Waals surface area contributed by atoms with Gasteiger partial charge in [-0.05, 0) is 104 Å². The summed E-state index contributed by atoms with van der Waals surface area (Å²) >= 11 is 0. The largest absolute Gasteiger partial charge is 0.481 e. The summed E-state index contributed by atoms with van der Waals surface area (Å²) in [7, 11) is 0. The molecule has 0 aromatic carbocycles. The van der Waals surface area contributed by atoms with Crippen LogP contribution in [0.1, 0.15) is 118 Å². The van der Waals surface area contributed by atoms with Gasteiger partial charge in [0.05, 0.1) is 0 Å². The highest BCUT2D eigenvalue weighted by Gasteiger charge is 2.64. The standard InChI is InChI=1S/C24H40O2.C2H6/c1-22-15-16-24(3)20(13-11-18-7-4-5-14-23(18,24)2)19(22)12-10-17(22)8-6-9-21(25)26;1-2/h17-20H,4-16H2,1-3H3,(H,25,26);1-2H3. The van der Waals surface area contributed by atoms with Gasteiger partial charge in [0.1, 0.15) is 0 Å². The lowest BCUT2D eigenvalue weighted by molar-refractivity contribution is -0.174. The number of hydrogen-bond acceptors (Lipinski definition) is 1. The molecule has 2 nitrogen and oxygen atoms in total. The maximum atomic E-state index is 10.9. The summed E-state index contributed by atoms with van der Waals surface area (Å²) in [4.78, 5) is 10.9. The van der Waals surface area contributed by atoms with Crippen LogP contribution in [0.4, 0.5) is 0 Å². The van der Waals surface area contributed by atoms with Gasteiger partial charge in [-0.1, -0.05) is 47.5 Å². The SMILES string of the molecule is CC.CC12CCC3(C)C(CCC4CCCCC43C)C1CCC2CCCC(=O)O. The average molecular weight is 391 g/mol. The third-order valence-corrected chi connectivity index (χ3v) is 10.6. The summed E-state index contributed by atoms with van der Waals surface area (Å²) in [6.07, 6.45) is 16.8. The van der Waals surface area contributed by atoms with Gasteiger partial charge in [-0.15, -0.1) is 0 Å². The zero-order valence-electron chi connectivity index (χ0n) is 19.4. The molecule has 0 radical (unpaired) electrons. The van der Waals surface area contributed by atoms with Crippen LogP contribution in [0.25, 0.3) is 0 Å². The van der Waals surface area contributed by atoms with Crippen LogP contribution in [0.5, 0.6) is 0 Å². The predicted molar refractivity (Wildman–Crippen MR) is 117 cm³/mol. The Bertz CT molecular complexity index is 557. The van der Waals surface area contributed by atoms with Crippen molar-refractivity contribution < 1.29 is 9.90 Å². The van der Waals surface area contributed by atoms with Gasteiger partial charge in [0, 0.05) is 6.42 Å². The monoisotopic (exact) mass is 390 g/mol. The minimum atomic E-state index is -0.621. The Morgan fingerprint density at radius 3 is 2.29 bits per heavy atom. The average Bonchev–Trinajstić information content (AvgIpc) is 3.00. The van der Waals surface area contributed by atoms with Crippen molar-refractivity contribution in [1.29, 1.82) is 0 Å². The van der Waals surface area contributed by atoms with E-state index in [1.54, 1.807) is 0 Å². The summed E-state index contributed by atoms with van der Waals surface area (Å²) in [5.74, 6) is 2.95. The molecule has 4 aliphatic rings. The first-order chi connectivity index (χ1) is 13.3. The molecular formula is C26H46O2. The number of hydrogen-bond donors (Lipinski definition) is 1. The van der Waals surface area contributed by atoms with E-state index in [9.17, 15) is 4.79 Å². The first-order valence-electron chi connectivity index (χ1n) is 12.5. The van der Waals surface area contributed by atoms with Crippen molar-refractivity contribution in [3.8, 4) is 0 Å². The first kappa shape index (κ1) is 22.2. The molecule has 28 heavy (non-hydrogen) atoms. The number of carbonyl (C=O) groups is 1. The van der Waals surface area contributed by atoms with Gasteiger partial charge in [-0.2, -0.15) is 0 Å². The van der Waals surface area contributed by atoms with Gasteiger partial charge in [0.2, 0.25) is 0 Å². The molecule has 2 heteroatoms. The van der Waals surface area contributed by atoms with E-state index in [1.165, 1.54) is 64.2 Å². The van der Waals surface area contributed by atoms with Gasteiger partial charge in [-0.25, -0.2) is 0 Å². The molecule has 7 unspecified atom stereocenters. The van der Waals surface area contributed by atoms with E-state index in [-0.39, 0.29) is 0 Å². The van der Waals surface area contributed by atoms with Gasteiger partial charge < -0.3 is 5.11 Å². The van der Waals surface area contributed by atoms with E-state index in [2.05, 4.69) is 20.8 Å². The van der Waals surface area contributed by atoms with Crippen LogP contribution >= 0.6 is 0 Å². The van der Waals surface area contributed by atoms with Crippen molar-refractivity contribution in [2.45, 2.75) is 118 Å². The summed E-state index contributed by atoms with van der Waals surface area (Å²) in [5.41, 5.74) is 1.62. The highest BCUT2D eigenvalue weighted by Crippen LogP contribution is 2.72. The van der Waals surface area contributed by atoms with Crippen LogP contribution in [0.2, 0.25) is 0 Å². The Kier molecular flexibility index (Phi) is 6.57. The maximum Gasteiger partial charge on any atom is 0.303 e. The van der Waals surface area contributed by atoms with Crippen molar-refractivity contribution in [1.82, 2.24) is 0 Å². The molecule has 0 aromatic heterocycles. The molecule has 7 atom stereocenters. The zero-order valence-corrected chi connectivity index (χ0v) is 19.4. The quantitative estimate of drug-likeness (QED) is 0.533. The number of carboxylic acids is 1. The fourth-order valence-electron chi connectivity index (χ4n) is 8.76. The summed E-state index contributed by atoms with van der Waals surface area (Å²) in [5, 5.41) is 9.01. The van der Waals surface area contributed by atoms with E-state index in [0.29, 0.717) is 22.7 Å². The molecule has 0 aromatic rings. The van der Waals surface area contributed by atoms with Crippen molar-refractivity contribution in [3.63, 3.8) is 0 Å². The Balaban J connectivity index is 0.00000109. The van der Waals surface area contributed by atoms with Crippen LogP contribution in [0.3, 0.4) is 0 Å². The molecule has 0 spiro atoms. The number of rotatable bonds is 4. The van der Waals surface area contributed by atoms with E-state index in [4.69, 9.17) is 5.11 Å². The Labute approximate surface area is 174 Å². The van der Waals surface area contributed by atoms with Crippen molar-refractivity contribution in [3.05, 3.63) is 0 Å². The van der Waals surface area contributed by atoms with Gasteiger partial charge in [-0.3, -0.25) is 4.79 Å². The highest BCUT2D eigenvalue weighted by atomic mass is 16.4. The molecule has 4 rings (SSSR count). The van der Waals surface area contributed by atoms with Gasteiger partial charge in [0.25, 0.3) is 0 Å². The summed E-state index contributed by atoms with van der Waals surface area (Å²) in [6, 6.07) is 0. The van der Waals surface area contributed by atoms with Crippen LogP contribution in [-0.2, 0) is 4.79 Å². The van der Waals surface area contributed by atoms with Crippen LogP contribution in [0, 0.1) is 39.9 Å². The molecule has 4 fully saturated rings. The molecule has 0 heterocycles. The lowest BCUT2D eigenvalue weighted by Crippen LogP contribution is -2.59. The molecule has 0 aliphatic heterocycles. The second kappa shape index (κ2) is 8.31.